The molecule has 3 aromatic rings. The van der Waals surface area contributed by atoms with Crippen LogP contribution in [-0.2, 0) is 0 Å². The molecule has 3 aromatic carbocycles. The maximum Gasteiger partial charge on any atom is 0.148 e. The van der Waals surface area contributed by atoms with Gasteiger partial charge >= 0.3 is 0 Å². The number of nitrogen functional groups attached to an aromatic ring is 2. The third-order valence-corrected chi connectivity index (χ3v) is 8.55. The fourth-order valence-corrected chi connectivity index (χ4v) is 7.13. The molecule has 4 aliphatic carbocycles. The third kappa shape index (κ3) is 4.08. The summed E-state index contributed by atoms with van der Waals surface area (Å²) in [6.07, 6.45) is 6.73. The Morgan fingerprint density at radius 1 is 0.618 bits per heavy atom. The minimum Gasteiger partial charge on any atom is -0.456 e. The SMILES string of the molecule is Nc1ccc(Cl)c(Oc2ccc(C3C4CC5CC(C4)CC3C5)c(Oc3cc(N)ccc3Cl)c2)c1. The topological polar surface area (TPSA) is 70.5 Å². The molecule has 0 heterocycles. The van der Waals surface area contributed by atoms with Gasteiger partial charge in [-0.25, -0.2) is 0 Å². The second-order valence-corrected chi connectivity index (χ2v) is 11.1. The van der Waals surface area contributed by atoms with E-state index in [0.29, 0.717) is 56.4 Å². The summed E-state index contributed by atoms with van der Waals surface area (Å²) in [7, 11) is 0. The van der Waals surface area contributed by atoms with Crippen molar-refractivity contribution in [2.75, 3.05) is 11.5 Å². The molecule has 0 atom stereocenters. The van der Waals surface area contributed by atoms with Gasteiger partial charge in [0.05, 0.1) is 10.0 Å². The molecular weight excluding hydrogens is 467 g/mol. The van der Waals surface area contributed by atoms with Crippen LogP contribution in [0, 0.1) is 23.7 Å². The van der Waals surface area contributed by atoms with Crippen molar-refractivity contribution in [1.82, 2.24) is 0 Å². The van der Waals surface area contributed by atoms with Crippen molar-refractivity contribution in [2.24, 2.45) is 23.7 Å². The van der Waals surface area contributed by atoms with Crippen molar-refractivity contribution < 1.29 is 9.47 Å². The van der Waals surface area contributed by atoms with E-state index < -0.39 is 0 Å². The van der Waals surface area contributed by atoms with Gasteiger partial charge in [-0.05, 0) is 97.6 Å². The molecule has 0 saturated heterocycles. The van der Waals surface area contributed by atoms with Gasteiger partial charge in [0.1, 0.15) is 23.0 Å². The molecule has 6 heteroatoms. The Labute approximate surface area is 210 Å². The molecule has 4 fully saturated rings. The van der Waals surface area contributed by atoms with Gasteiger partial charge in [-0.3, -0.25) is 0 Å². The molecule has 4 N–H and O–H groups in total. The predicted octanol–water partition coefficient (Wildman–Crippen LogP) is 8.28. The van der Waals surface area contributed by atoms with Gasteiger partial charge in [0.2, 0.25) is 0 Å². The zero-order valence-electron chi connectivity index (χ0n) is 18.8. The molecule has 4 bridgehead atoms. The molecular formula is C28H28Cl2N2O2. The third-order valence-electron chi connectivity index (χ3n) is 7.93. The Bertz CT molecular complexity index is 1220. The molecule has 4 aliphatic rings. The molecule has 0 amide bonds. The largest absolute Gasteiger partial charge is 0.456 e. The van der Waals surface area contributed by atoms with E-state index >= 15 is 0 Å². The van der Waals surface area contributed by atoms with E-state index in [1.165, 1.54) is 37.7 Å². The van der Waals surface area contributed by atoms with Crippen molar-refractivity contribution >= 4 is 34.6 Å². The Morgan fingerprint density at radius 2 is 1.18 bits per heavy atom. The molecule has 4 nitrogen and oxygen atoms in total. The molecule has 0 spiro atoms. The standard InChI is InChI=1S/C28H28Cl2N2O2/c29-23-5-1-19(31)12-26(23)33-21-3-4-22(25(14-21)34-27-13-20(32)2-6-24(27)30)28-17-8-15-7-16(10-17)11-18(28)9-15/h1-6,12-18,28H,7-11,31-32H2. The minimum atomic E-state index is 0.493. The maximum atomic E-state index is 6.47. The van der Waals surface area contributed by atoms with E-state index in [9.17, 15) is 0 Å². The minimum absolute atomic E-state index is 0.493. The zero-order valence-corrected chi connectivity index (χ0v) is 20.4. The smallest absolute Gasteiger partial charge is 0.148 e. The lowest BCUT2D eigenvalue weighted by Crippen LogP contribution is -2.43. The number of hydrogen-bond acceptors (Lipinski definition) is 4. The van der Waals surface area contributed by atoms with Gasteiger partial charge < -0.3 is 20.9 Å². The summed E-state index contributed by atoms with van der Waals surface area (Å²) in [5, 5.41) is 1.02. The quantitative estimate of drug-likeness (QED) is 0.350. The van der Waals surface area contributed by atoms with Crippen molar-refractivity contribution in [3.8, 4) is 23.0 Å². The molecule has 4 saturated carbocycles. The van der Waals surface area contributed by atoms with E-state index in [0.717, 1.165) is 17.6 Å². The number of halogens is 2. The summed E-state index contributed by atoms with van der Waals surface area (Å²) < 4.78 is 12.6. The van der Waals surface area contributed by atoms with Crippen LogP contribution in [0.3, 0.4) is 0 Å². The molecule has 7 rings (SSSR count). The summed E-state index contributed by atoms with van der Waals surface area (Å²) in [6.45, 7) is 0. The van der Waals surface area contributed by atoms with E-state index in [-0.39, 0.29) is 0 Å². The molecule has 34 heavy (non-hydrogen) atoms. The maximum absolute atomic E-state index is 6.47. The van der Waals surface area contributed by atoms with Crippen molar-refractivity contribution in [2.45, 2.75) is 38.0 Å². The first kappa shape index (κ1) is 21.9. The van der Waals surface area contributed by atoms with Crippen molar-refractivity contribution in [1.29, 1.82) is 0 Å². The van der Waals surface area contributed by atoms with Crippen LogP contribution in [0.1, 0.15) is 43.6 Å². The average Bonchev–Trinajstić information content (AvgIpc) is 2.79. The van der Waals surface area contributed by atoms with E-state index in [2.05, 4.69) is 6.07 Å². The number of hydrogen-bond donors (Lipinski definition) is 2. The average molecular weight is 495 g/mol. The highest BCUT2D eigenvalue weighted by Crippen LogP contribution is 2.61. The van der Waals surface area contributed by atoms with Crippen molar-refractivity contribution in [3.05, 3.63) is 70.2 Å². The van der Waals surface area contributed by atoms with Crippen LogP contribution in [0.25, 0.3) is 0 Å². The first-order valence-corrected chi connectivity index (χ1v) is 12.8. The lowest BCUT2D eigenvalue weighted by molar-refractivity contribution is -0.00337. The summed E-state index contributed by atoms with van der Waals surface area (Å²) in [5.74, 6) is 6.18. The van der Waals surface area contributed by atoms with Gasteiger partial charge in [0, 0.05) is 29.6 Å². The van der Waals surface area contributed by atoms with Gasteiger partial charge in [0.15, 0.2) is 0 Å². The first-order valence-electron chi connectivity index (χ1n) is 12.0. The number of rotatable bonds is 5. The highest BCUT2D eigenvalue weighted by molar-refractivity contribution is 6.32. The molecule has 0 aliphatic heterocycles. The lowest BCUT2D eigenvalue weighted by atomic mass is 9.50. The van der Waals surface area contributed by atoms with E-state index in [1.54, 1.807) is 36.4 Å². The number of nitrogens with two attached hydrogens (primary N) is 2. The van der Waals surface area contributed by atoms with Crippen LogP contribution in [0.15, 0.2) is 54.6 Å². The summed E-state index contributed by atoms with van der Waals surface area (Å²) in [4.78, 5) is 0. The van der Waals surface area contributed by atoms with Crippen LogP contribution in [0.2, 0.25) is 10.0 Å². The normalized spacial score (nSPS) is 27.1. The van der Waals surface area contributed by atoms with Crippen LogP contribution in [-0.4, -0.2) is 0 Å². The molecule has 176 valence electrons. The predicted molar refractivity (Wildman–Crippen MR) is 138 cm³/mol. The molecule has 0 aromatic heterocycles. The van der Waals surface area contributed by atoms with Gasteiger partial charge in [0.25, 0.3) is 0 Å². The van der Waals surface area contributed by atoms with Gasteiger partial charge in [-0.2, -0.15) is 0 Å². The Kier molecular flexibility index (Phi) is 5.54. The Morgan fingerprint density at radius 3 is 1.76 bits per heavy atom. The summed E-state index contributed by atoms with van der Waals surface area (Å²) >= 11 is 12.8. The Balaban J connectivity index is 1.39. The fraction of sp³-hybridized carbons (Fsp3) is 0.357. The lowest BCUT2D eigenvalue weighted by Gasteiger charge is -2.54. The van der Waals surface area contributed by atoms with E-state index in [4.69, 9.17) is 44.1 Å². The van der Waals surface area contributed by atoms with Crippen LogP contribution >= 0.6 is 23.2 Å². The van der Waals surface area contributed by atoms with Crippen LogP contribution in [0.5, 0.6) is 23.0 Å². The summed E-state index contributed by atoms with van der Waals surface area (Å²) in [5.41, 5.74) is 14.4. The second-order valence-electron chi connectivity index (χ2n) is 10.2. The first-order chi connectivity index (χ1) is 16.4. The molecule has 0 radical (unpaired) electrons. The number of benzene rings is 3. The zero-order chi connectivity index (χ0) is 23.4. The summed E-state index contributed by atoms with van der Waals surface area (Å²) in [6, 6.07) is 16.6. The number of ether oxygens (including phenoxy) is 2. The fourth-order valence-electron chi connectivity index (χ4n) is 6.82. The number of anilines is 2. The van der Waals surface area contributed by atoms with Gasteiger partial charge in [-0.1, -0.05) is 29.3 Å². The van der Waals surface area contributed by atoms with Gasteiger partial charge in [-0.15, -0.1) is 0 Å². The van der Waals surface area contributed by atoms with Crippen LogP contribution < -0.4 is 20.9 Å². The Hall–Kier alpha value is -2.56. The highest BCUT2D eigenvalue weighted by atomic mass is 35.5. The van der Waals surface area contributed by atoms with E-state index in [1.807, 2.05) is 12.1 Å². The highest BCUT2D eigenvalue weighted by Gasteiger charge is 2.49. The molecule has 0 unspecified atom stereocenters. The van der Waals surface area contributed by atoms with Crippen LogP contribution in [0.4, 0.5) is 11.4 Å². The monoisotopic (exact) mass is 494 g/mol. The second kappa shape index (κ2) is 8.58. The van der Waals surface area contributed by atoms with Crippen molar-refractivity contribution in [3.63, 3.8) is 0 Å².